The highest BCUT2D eigenvalue weighted by atomic mass is 79.9. The van der Waals surface area contributed by atoms with Crippen LogP contribution in [0, 0.1) is 13.8 Å². The van der Waals surface area contributed by atoms with E-state index >= 15 is 0 Å². The number of halogens is 1. The fourth-order valence-corrected chi connectivity index (χ4v) is 3.62. The van der Waals surface area contributed by atoms with E-state index in [4.69, 9.17) is 14.2 Å². The van der Waals surface area contributed by atoms with Crippen molar-refractivity contribution in [2.24, 2.45) is 0 Å². The van der Waals surface area contributed by atoms with Gasteiger partial charge in [0, 0.05) is 10.2 Å². The Hall–Kier alpha value is -2.99. The Kier molecular flexibility index (Phi) is 7.74. The molecule has 0 saturated heterocycles. The Morgan fingerprint density at radius 3 is 2.00 bits per heavy atom. The first-order chi connectivity index (χ1) is 14.5. The SMILES string of the molecule is Cc1cc(Br)cc(C)c1OCC(=O)Nc1ccc(OCCOc2ccccc2)cc1. The Labute approximate surface area is 185 Å². The fourth-order valence-electron chi connectivity index (χ4n) is 2.93. The summed E-state index contributed by atoms with van der Waals surface area (Å²) in [6.07, 6.45) is 0. The largest absolute Gasteiger partial charge is 0.490 e. The molecule has 0 aromatic heterocycles. The van der Waals surface area contributed by atoms with Crippen molar-refractivity contribution < 1.29 is 19.0 Å². The smallest absolute Gasteiger partial charge is 0.262 e. The summed E-state index contributed by atoms with van der Waals surface area (Å²) in [5.41, 5.74) is 2.64. The van der Waals surface area contributed by atoms with Gasteiger partial charge < -0.3 is 19.5 Å². The molecule has 3 aromatic carbocycles. The summed E-state index contributed by atoms with van der Waals surface area (Å²) in [5.74, 6) is 2.04. The van der Waals surface area contributed by atoms with Crippen molar-refractivity contribution in [2.75, 3.05) is 25.1 Å². The number of aryl methyl sites for hydroxylation is 2. The van der Waals surface area contributed by atoms with Gasteiger partial charge in [-0.15, -0.1) is 0 Å². The molecule has 0 radical (unpaired) electrons. The van der Waals surface area contributed by atoms with Crippen molar-refractivity contribution in [3.8, 4) is 17.2 Å². The lowest BCUT2D eigenvalue weighted by Crippen LogP contribution is -2.20. The summed E-state index contributed by atoms with van der Waals surface area (Å²) in [5, 5.41) is 2.83. The average molecular weight is 470 g/mol. The summed E-state index contributed by atoms with van der Waals surface area (Å²) >= 11 is 3.46. The molecular weight excluding hydrogens is 446 g/mol. The number of carbonyl (C=O) groups is 1. The van der Waals surface area contributed by atoms with E-state index in [-0.39, 0.29) is 12.5 Å². The molecule has 0 spiro atoms. The van der Waals surface area contributed by atoms with E-state index in [1.807, 2.05) is 68.4 Å². The number of ether oxygens (including phenoxy) is 3. The number of rotatable bonds is 9. The highest BCUT2D eigenvalue weighted by molar-refractivity contribution is 9.10. The van der Waals surface area contributed by atoms with E-state index in [0.29, 0.717) is 24.7 Å². The third-order valence-electron chi connectivity index (χ3n) is 4.27. The van der Waals surface area contributed by atoms with Crippen molar-refractivity contribution in [3.63, 3.8) is 0 Å². The lowest BCUT2D eigenvalue weighted by atomic mass is 10.1. The molecule has 0 heterocycles. The van der Waals surface area contributed by atoms with Gasteiger partial charge in [-0.25, -0.2) is 0 Å². The van der Waals surface area contributed by atoms with Gasteiger partial charge >= 0.3 is 0 Å². The van der Waals surface area contributed by atoms with Crippen LogP contribution in [-0.2, 0) is 4.79 Å². The average Bonchev–Trinajstić information content (AvgIpc) is 2.72. The molecule has 6 heteroatoms. The van der Waals surface area contributed by atoms with Gasteiger partial charge in [-0.1, -0.05) is 34.1 Å². The molecule has 0 aliphatic carbocycles. The minimum absolute atomic E-state index is 0.0572. The maximum absolute atomic E-state index is 12.2. The number of nitrogens with one attached hydrogen (secondary N) is 1. The minimum atomic E-state index is -0.221. The molecule has 0 saturated carbocycles. The molecule has 156 valence electrons. The second-order valence-corrected chi connectivity index (χ2v) is 7.66. The van der Waals surface area contributed by atoms with Crippen LogP contribution in [0.2, 0.25) is 0 Å². The predicted molar refractivity (Wildman–Crippen MR) is 122 cm³/mol. The number of carbonyl (C=O) groups excluding carboxylic acids is 1. The van der Waals surface area contributed by atoms with Crippen LogP contribution < -0.4 is 19.5 Å². The van der Waals surface area contributed by atoms with Gasteiger partial charge in [0.25, 0.3) is 5.91 Å². The predicted octanol–water partition coefficient (Wildman–Crippen LogP) is 5.54. The van der Waals surface area contributed by atoms with Gasteiger partial charge in [0.05, 0.1) is 0 Å². The number of anilines is 1. The van der Waals surface area contributed by atoms with E-state index in [0.717, 1.165) is 27.1 Å². The van der Waals surface area contributed by atoms with Crippen molar-refractivity contribution in [2.45, 2.75) is 13.8 Å². The van der Waals surface area contributed by atoms with Crippen LogP contribution >= 0.6 is 15.9 Å². The first kappa shape index (κ1) is 21.7. The Morgan fingerprint density at radius 2 is 1.40 bits per heavy atom. The molecule has 0 fully saturated rings. The zero-order valence-corrected chi connectivity index (χ0v) is 18.6. The summed E-state index contributed by atoms with van der Waals surface area (Å²) < 4.78 is 18.0. The minimum Gasteiger partial charge on any atom is -0.490 e. The number of amides is 1. The fraction of sp³-hybridized carbons (Fsp3) is 0.208. The second kappa shape index (κ2) is 10.7. The molecule has 3 aromatic rings. The molecule has 5 nitrogen and oxygen atoms in total. The van der Waals surface area contributed by atoms with Gasteiger partial charge in [-0.2, -0.15) is 0 Å². The second-order valence-electron chi connectivity index (χ2n) is 6.74. The summed E-state index contributed by atoms with van der Waals surface area (Å²) in [6.45, 7) is 4.73. The van der Waals surface area contributed by atoms with Crippen LogP contribution in [0.5, 0.6) is 17.2 Å². The van der Waals surface area contributed by atoms with E-state index in [1.165, 1.54) is 0 Å². The topological polar surface area (TPSA) is 56.8 Å². The van der Waals surface area contributed by atoms with E-state index in [2.05, 4.69) is 21.2 Å². The Bertz CT molecular complexity index is 951. The van der Waals surface area contributed by atoms with Crippen LogP contribution in [0.1, 0.15) is 11.1 Å². The molecule has 30 heavy (non-hydrogen) atoms. The monoisotopic (exact) mass is 469 g/mol. The highest BCUT2D eigenvalue weighted by Crippen LogP contribution is 2.27. The van der Waals surface area contributed by atoms with Crippen LogP contribution in [0.15, 0.2) is 71.2 Å². The van der Waals surface area contributed by atoms with E-state index in [1.54, 1.807) is 12.1 Å². The first-order valence-corrected chi connectivity index (χ1v) is 10.4. The zero-order valence-electron chi connectivity index (χ0n) is 17.0. The van der Waals surface area contributed by atoms with E-state index in [9.17, 15) is 4.79 Å². The normalized spacial score (nSPS) is 10.4. The molecule has 0 bridgehead atoms. The third-order valence-corrected chi connectivity index (χ3v) is 4.73. The highest BCUT2D eigenvalue weighted by Gasteiger charge is 2.09. The number of hydrogen-bond donors (Lipinski definition) is 1. The molecule has 1 amide bonds. The maximum atomic E-state index is 12.2. The molecule has 0 unspecified atom stereocenters. The van der Waals surface area contributed by atoms with Crippen LogP contribution in [0.25, 0.3) is 0 Å². The van der Waals surface area contributed by atoms with E-state index < -0.39 is 0 Å². The lowest BCUT2D eigenvalue weighted by Gasteiger charge is -2.13. The quantitative estimate of drug-likeness (QED) is 0.417. The number of hydrogen-bond acceptors (Lipinski definition) is 4. The van der Waals surface area contributed by atoms with Crippen molar-refractivity contribution >= 4 is 27.5 Å². The van der Waals surface area contributed by atoms with Gasteiger partial charge in [-0.05, 0) is 73.5 Å². The standard InChI is InChI=1S/C24H24BrNO4/c1-17-14-19(25)15-18(2)24(17)30-16-23(27)26-20-8-10-22(11-9-20)29-13-12-28-21-6-4-3-5-7-21/h3-11,14-15H,12-13,16H2,1-2H3,(H,26,27). The van der Waals surface area contributed by atoms with Gasteiger partial charge in [0.1, 0.15) is 30.5 Å². The first-order valence-electron chi connectivity index (χ1n) is 9.61. The molecular formula is C24H24BrNO4. The third kappa shape index (κ3) is 6.52. The zero-order chi connectivity index (χ0) is 21.3. The summed E-state index contributed by atoms with van der Waals surface area (Å²) in [6, 6.07) is 20.7. The molecule has 3 rings (SSSR count). The van der Waals surface area contributed by atoms with Crippen molar-refractivity contribution in [1.82, 2.24) is 0 Å². The van der Waals surface area contributed by atoms with Crippen LogP contribution in [-0.4, -0.2) is 25.7 Å². The summed E-state index contributed by atoms with van der Waals surface area (Å²) in [4.78, 5) is 12.2. The molecule has 0 aliphatic rings. The number of para-hydroxylation sites is 1. The van der Waals surface area contributed by atoms with Gasteiger partial charge in [0.2, 0.25) is 0 Å². The Balaban J connectivity index is 1.42. The Morgan fingerprint density at radius 1 is 0.833 bits per heavy atom. The number of benzene rings is 3. The van der Waals surface area contributed by atoms with Crippen molar-refractivity contribution in [1.29, 1.82) is 0 Å². The molecule has 1 N–H and O–H groups in total. The lowest BCUT2D eigenvalue weighted by molar-refractivity contribution is -0.118. The van der Waals surface area contributed by atoms with Crippen molar-refractivity contribution in [3.05, 3.63) is 82.3 Å². The van der Waals surface area contributed by atoms with Gasteiger partial charge in [0.15, 0.2) is 6.61 Å². The van der Waals surface area contributed by atoms with Gasteiger partial charge in [-0.3, -0.25) is 4.79 Å². The van der Waals surface area contributed by atoms with Crippen LogP contribution in [0.4, 0.5) is 5.69 Å². The molecule has 0 aliphatic heterocycles. The van der Waals surface area contributed by atoms with Crippen LogP contribution in [0.3, 0.4) is 0 Å². The summed E-state index contributed by atoms with van der Waals surface area (Å²) in [7, 11) is 0. The molecule has 0 atom stereocenters. The maximum Gasteiger partial charge on any atom is 0.262 e.